The van der Waals surface area contributed by atoms with Gasteiger partial charge in [-0.05, 0) is 30.4 Å². The molecule has 27 heavy (non-hydrogen) atoms. The lowest BCUT2D eigenvalue weighted by Crippen LogP contribution is -2.39. The van der Waals surface area contributed by atoms with Gasteiger partial charge in [0.2, 0.25) is 0 Å². The third-order valence-electron chi connectivity index (χ3n) is 5.38. The van der Waals surface area contributed by atoms with E-state index in [0.717, 1.165) is 30.4 Å². The van der Waals surface area contributed by atoms with Gasteiger partial charge >= 0.3 is 0 Å². The van der Waals surface area contributed by atoms with E-state index in [1.165, 1.54) is 11.1 Å². The minimum atomic E-state index is -0.0210. The Hall–Kier alpha value is -2.14. The van der Waals surface area contributed by atoms with E-state index in [2.05, 4.69) is 69.1 Å². The average molecular weight is 369 g/mol. The van der Waals surface area contributed by atoms with Crippen molar-refractivity contribution in [3.05, 3.63) is 47.3 Å². The molecule has 0 spiro atoms. The van der Waals surface area contributed by atoms with Crippen molar-refractivity contribution in [2.24, 2.45) is 5.92 Å². The maximum Gasteiger partial charge on any atom is 0.135 e. The zero-order chi connectivity index (χ0) is 19.6. The highest BCUT2D eigenvalue weighted by Crippen LogP contribution is 2.29. The van der Waals surface area contributed by atoms with Crippen molar-refractivity contribution in [3.8, 4) is 0 Å². The first-order valence-corrected chi connectivity index (χ1v) is 9.98. The van der Waals surface area contributed by atoms with E-state index in [1.54, 1.807) is 0 Å². The molecule has 0 amide bonds. The van der Waals surface area contributed by atoms with Gasteiger partial charge in [-0.3, -0.25) is 0 Å². The number of aliphatic hydroxyl groups excluding tert-OH is 1. The van der Waals surface area contributed by atoms with Crippen molar-refractivity contribution in [2.75, 3.05) is 16.8 Å². The Morgan fingerprint density at radius 3 is 2.48 bits per heavy atom. The van der Waals surface area contributed by atoms with E-state index in [9.17, 15) is 5.11 Å². The number of fused-ring (bicyclic) bond motifs is 1. The number of hydrogen-bond donors (Lipinski definition) is 2. The summed E-state index contributed by atoms with van der Waals surface area (Å²) < 4.78 is 0. The lowest BCUT2D eigenvalue weighted by molar-refractivity contribution is 0.249. The fourth-order valence-electron chi connectivity index (χ4n) is 3.53. The summed E-state index contributed by atoms with van der Waals surface area (Å²) in [6, 6.07) is 11.0. The van der Waals surface area contributed by atoms with Crippen molar-refractivity contribution in [1.82, 2.24) is 9.97 Å². The summed E-state index contributed by atoms with van der Waals surface area (Å²) in [5.41, 5.74) is 2.79. The Balaban J connectivity index is 1.95. The molecule has 2 heterocycles. The monoisotopic (exact) mass is 368 g/mol. The summed E-state index contributed by atoms with van der Waals surface area (Å²) in [7, 11) is 0. The highest BCUT2D eigenvalue weighted by molar-refractivity contribution is 5.53. The Morgan fingerprint density at radius 2 is 1.85 bits per heavy atom. The summed E-state index contributed by atoms with van der Waals surface area (Å²) in [5.74, 6) is 3.14. The van der Waals surface area contributed by atoms with Crippen LogP contribution in [0.15, 0.2) is 30.3 Å². The molecule has 3 rings (SSSR count). The smallest absolute Gasteiger partial charge is 0.135 e. The third kappa shape index (κ3) is 4.41. The Morgan fingerprint density at radius 1 is 1.15 bits per heavy atom. The molecule has 0 bridgehead atoms. The lowest BCUT2D eigenvalue weighted by atomic mass is 9.95. The van der Waals surface area contributed by atoms with Gasteiger partial charge in [-0.15, -0.1) is 0 Å². The second-order valence-corrected chi connectivity index (χ2v) is 8.25. The SMILES string of the molecule is CC(C)c1nc(N[C@@H](CO)C(C)C)cc(N2Cc3ccccc3C[C@@H]2C)n1. The van der Waals surface area contributed by atoms with Crippen LogP contribution < -0.4 is 10.2 Å². The highest BCUT2D eigenvalue weighted by Gasteiger charge is 2.25. The average Bonchev–Trinajstić information content (AvgIpc) is 2.65. The largest absolute Gasteiger partial charge is 0.394 e. The molecule has 0 radical (unpaired) electrons. The maximum absolute atomic E-state index is 9.69. The van der Waals surface area contributed by atoms with Crippen LogP contribution in [0.2, 0.25) is 0 Å². The molecule has 5 heteroatoms. The van der Waals surface area contributed by atoms with Gasteiger partial charge in [0, 0.05) is 24.6 Å². The molecule has 2 aromatic rings. The van der Waals surface area contributed by atoms with Gasteiger partial charge in [0.15, 0.2) is 0 Å². The van der Waals surface area contributed by atoms with Crippen LogP contribution in [-0.2, 0) is 13.0 Å². The highest BCUT2D eigenvalue weighted by atomic mass is 16.3. The van der Waals surface area contributed by atoms with Gasteiger partial charge in [-0.25, -0.2) is 9.97 Å². The summed E-state index contributed by atoms with van der Waals surface area (Å²) in [6.45, 7) is 11.6. The molecule has 1 aliphatic heterocycles. The van der Waals surface area contributed by atoms with Gasteiger partial charge in [-0.2, -0.15) is 0 Å². The molecule has 0 fully saturated rings. The molecule has 1 aromatic heterocycles. The molecule has 2 atom stereocenters. The van der Waals surface area contributed by atoms with Crippen LogP contribution in [-0.4, -0.2) is 33.8 Å². The summed E-state index contributed by atoms with van der Waals surface area (Å²) in [5, 5.41) is 13.1. The molecule has 1 aliphatic rings. The molecular weight excluding hydrogens is 336 g/mol. The predicted molar refractivity (Wildman–Crippen MR) is 111 cm³/mol. The minimum Gasteiger partial charge on any atom is -0.394 e. The molecule has 1 aromatic carbocycles. The Kier molecular flexibility index (Phi) is 6.00. The van der Waals surface area contributed by atoms with E-state index >= 15 is 0 Å². The van der Waals surface area contributed by atoms with Crippen LogP contribution in [0.4, 0.5) is 11.6 Å². The molecule has 0 unspecified atom stereocenters. The van der Waals surface area contributed by atoms with Gasteiger partial charge < -0.3 is 15.3 Å². The number of benzene rings is 1. The van der Waals surface area contributed by atoms with E-state index in [1.807, 2.05) is 6.07 Å². The second-order valence-electron chi connectivity index (χ2n) is 8.25. The number of nitrogens with zero attached hydrogens (tertiary/aromatic N) is 3. The molecule has 0 aliphatic carbocycles. The summed E-state index contributed by atoms with van der Waals surface area (Å²) in [6.07, 6.45) is 1.02. The van der Waals surface area contributed by atoms with Crippen LogP contribution in [0.3, 0.4) is 0 Å². The number of anilines is 2. The quantitative estimate of drug-likeness (QED) is 0.807. The van der Waals surface area contributed by atoms with Crippen molar-refractivity contribution in [1.29, 1.82) is 0 Å². The zero-order valence-corrected chi connectivity index (χ0v) is 17.1. The van der Waals surface area contributed by atoms with Crippen LogP contribution in [0.5, 0.6) is 0 Å². The van der Waals surface area contributed by atoms with Gasteiger partial charge in [0.25, 0.3) is 0 Å². The van der Waals surface area contributed by atoms with E-state index < -0.39 is 0 Å². The molecule has 2 N–H and O–H groups in total. The van der Waals surface area contributed by atoms with Crippen molar-refractivity contribution in [2.45, 2.75) is 65.6 Å². The number of nitrogens with one attached hydrogen (secondary N) is 1. The van der Waals surface area contributed by atoms with Crippen molar-refractivity contribution >= 4 is 11.6 Å². The topological polar surface area (TPSA) is 61.3 Å². The molecule has 0 saturated heterocycles. The van der Waals surface area contributed by atoms with Crippen LogP contribution in [0, 0.1) is 5.92 Å². The fraction of sp³-hybridized carbons (Fsp3) is 0.545. The predicted octanol–water partition coefficient (Wildman–Crippen LogP) is 3.98. The summed E-state index contributed by atoms with van der Waals surface area (Å²) >= 11 is 0. The van der Waals surface area contributed by atoms with E-state index in [0.29, 0.717) is 12.0 Å². The molecular formula is C22H32N4O. The number of aliphatic hydroxyl groups is 1. The first-order chi connectivity index (χ1) is 12.9. The first kappa shape index (κ1) is 19.6. The van der Waals surface area contributed by atoms with Crippen LogP contribution >= 0.6 is 0 Å². The van der Waals surface area contributed by atoms with E-state index in [4.69, 9.17) is 9.97 Å². The summed E-state index contributed by atoms with van der Waals surface area (Å²) in [4.78, 5) is 11.9. The zero-order valence-electron chi connectivity index (χ0n) is 17.1. The van der Waals surface area contributed by atoms with Gasteiger partial charge in [0.05, 0.1) is 12.6 Å². The Labute approximate surface area is 162 Å². The number of rotatable bonds is 6. The van der Waals surface area contributed by atoms with Gasteiger partial charge in [0.1, 0.15) is 17.5 Å². The lowest BCUT2D eigenvalue weighted by Gasteiger charge is -2.36. The van der Waals surface area contributed by atoms with E-state index in [-0.39, 0.29) is 18.6 Å². The van der Waals surface area contributed by atoms with Gasteiger partial charge in [-0.1, -0.05) is 52.0 Å². The van der Waals surface area contributed by atoms with Crippen molar-refractivity contribution < 1.29 is 5.11 Å². The standard InChI is InChI=1S/C22H32N4O/c1-14(2)19(13-27)23-20-11-21(25-22(24-20)15(3)4)26-12-18-9-7-6-8-17(18)10-16(26)5/h6-9,11,14-16,19,27H,10,12-13H2,1-5H3,(H,23,24,25)/t16-,19-/m0/s1. The van der Waals surface area contributed by atoms with Crippen molar-refractivity contribution in [3.63, 3.8) is 0 Å². The number of aromatic nitrogens is 2. The Bertz CT molecular complexity index is 775. The molecule has 146 valence electrons. The number of hydrogen-bond acceptors (Lipinski definition) is 5. The van der Waals surface area contributed by atoms with Crippen LogP contribution in [0.25, 0.3) is 0 Å². The molecule has 5 nitrogen and oxygen atoms in total. The minimum absolute atomic E-state index is 0.0210. The fourth-order valence-corrected chi connectivity index (χ4v) is 3.53. The maximum atomic E-state index is 9.69. The normalized spacial score (nSPS) is 17.9. The first-order valence-electron chi connectivity index (χ1n) is 9.98. The second kappa shape index (κ2) is 8.26. The van der Waals surface area contributed by atoms with Crippen LogP contribution in [0.1, 0.15) is 57.5 Å². The molecule has 0 saturated carbocycles. The third-order valence-corrected chi connectivity index (χ3v) is 5.38.